The Labute approximate surface area is 116 Å². The second-order valence-corrected chi connectivity index (χ2v) is 4.22. The van der Waals surface area contributed by atoms with Gasteiger partial charge in [0, 0.05) is 0 Å². The van der Waals surface area contributed by atoms with Crippen LogP contribution in [-0.4, -0.2) is 12.2 Å². The Morgan fingerprint density at radius 1 is 0.900 bits per heavy atom. The molecule has 0 spiro atoms. The van der Waals surface area contributed by atoms with Crippen molar-refractivity contribution in [2.45, 2.75) is 12.5 Å². The van der Waals surface area contributed by atoms with E-state index in [0.717, 1.165) is 11.1 Å². The summed E-state index contributed by atoms with van der Waals surface area (Å²) < 4.78 is 0. The number of hydrogen-bond donors (Lipinski definition) is 0. The molecule has 0 N–H and O–H groups in total. The molecule has 0 saturated heterocycles. The number of carbonyl (C=O) groups excluding carboxylic acids is 2. The first-order valence-electron chi connectivity index (χ1n) is 6.12. The molecule has 0 saturated carbocycles. The highest BCUT2D eigenvalue weighted by Gasteiger charge is 2.11. The summed E-state index contributed by atoms with van der Waals surface area (Å²) in [7, 11) is 0. The van der Waals surface area contributed by atoms with Gasteiger partial charge in [0.15, 0.2) is 0 Å². The molecule has 0 aliphatic carbocycles. The molecule has 1 atom stereocenters. The number of rotatable bonds is 5. The molecular formula is C16H12N2O2. The SMILES string of the molecule is O=C=Nc1ccc(C(Cc2ccccc2)N=C=O)cc1. The molecule has 20 heavy (non-hydrogen) atoms. The summed E-state index contributed by atoms with van der Waals surface area (Å²) in [6, 6.07) is 16.5. The van der Waals surface area contributed by atoms with Crippen LogP contribution in [0.25, 0.3) is 0 Å². The van der Waals surface area contributed by atoms with Crippen LogP contribution in [0.1, 0.15) is 17.2 Å². The van der Waals surface area contributed by atoms with Crippen LogP contribution in [0.5, 0.6) is 0 Å². The largest absolute Gasteiger partial charge is 0.240 e. The molecule has 4 heteroatoms. The fourth-order valence-electron chi connectivity index (χ4n) is 1.96. The molecule has 2 aromatic carbocycles. The maximum atomic E-state index is 10.6. The van der Waals surface area contributed by atoms with Crippen molar-refractivity contribution in [1.29, 1.82) is 0 Å². The third kappa shape index (κ3) is 3.59. The molecule has 0 amide bonds. The lowest BCUT2D eigenvalue weighted by Crippen LogP contribution is -1.99. The van der Waals surface area contributed by atoms with Crippen LogP contribution in [0.4, 0.5) is 5.69 Å². The van der Waals surface area contributed by atoms with Crippen LogP contribution >= 0.6 is 0 Å². The Balaban J connectivity index is 2.24. The molecule has 0 bridgehead atoms. The molecule has 0 radical (unpaired) electrons. The van der Waals surface area contributed by atoms with Crippen LogP contribution < -0.4 is 0 Å². The molecule has 0 aliphatic heterocycles. The van der Waals surface area contributed by atoms with E-state index in [2.05, 4.69) is 9.98 Å². The van der Waals surface area contributed by atoms with Crippen molar-refractivity contribution in [2.75, 3.05) is 0 Å². The van der Waals surface area contributed by atoms with E-state index in [1.165, 1.54) is 6.08 Å². The predicted octanol–water partition coefficient (Wildman–Crippen LogP) is 3.27. The quantitative estimate of drug-likeness (QED) is 0.614. The molecule has 2 aromatic rings. The Kier molecular flexibility index (Phi) is 4.74. The number of benzene rings is 2. The predicted molar refractivity (Wildman–Crippen MR) is 75.2 cm³/mol. The van der Waals surface area contributed by atoms with E-state index in [-0.39, 0.29) is 6.04 Å². The van der Waals surface area contributed by atoms with E-state index in [9.17, 15) is 9.59 Å². The van der Waals surface area contributed by atoms with Gasteiger partial charge in [-0.25, -0.2) is 9.59 Å². The summed E-state index contributed by atoms with van der Waals surface area (Å²) in [5.74, 6) is 0. The van der Waals surface area contributed by atoms with E-state index in [1.807, 2.05) is 30.3 Å². The average molecular weight is 264 g/mol. The summed E-state index contributed by atoms with van der Waals surface area (Å²) >= 11 is 0. The minimum absolute atomic E-state index is 0.288. The maximum Gasteiger partial charge on any atom is 0.240 e. The molecule has 98 valence electrons. The zero-order valence-corrected chi connectivity index (χ0v) is 10.7. The molecule has 4 nitrogen and oxygen atoms in total. The summed E-state index contributed by atoms with van der Waals surface area (Å²) in [5.41, 5.74) is 2.49. The molecule has 0 aromatic heterocycles. The van der Waals surface area contributed by atoms with Crippen molar-refractivity contribution in [3.8, 4) is 0 Å². The van der Waals surface area contributed by atoms with Crippen LogP contribution in [0.15, 0.2) is 64.6 Å². The van der Waals surface area contributed by atoms with Gasteiger partial charge in [0.05, 0.1) is 11.7 Å². The first kappa shape index (κ1) is 13.6. The molecule has 0 heterocycles. The second kappa shape index (κ2) is 6.95. The van der Waals surface area contributed by atoms with Crippen LogP contribution in [0.3, 0.4) is 0 Å². The fourth-order valence-corrected chi connectivity index (χ4v) is 1.96. The van der Waals surface area contributed by atoms with Gasteiger partial charge >= 0.3 is 0 Å². The third-order valence-electron chi connectivity index (χ3n) is 2.93. The van der Waals surface area contributed by atoms with Gasteiger partial charge in [0.25, 0.3) is 0 Å². The van der Waals surface area contributed by atoms with E-state index >= 15 is 0 Å². The van der Waals surface area contributed by atoms with Gasteiger partial charge in [-0.15, -0.1) is 0 Å². The number of nitrogens with zero attached hydrogens (tertiary/aromatic N) is 2. The standard InChI is InChI=1S/C16H12N2O2/c19-11-17-15-8-6-14(7-9-15)16(18-12-20)10-13-4-2-1-3-5-13/h1-9,16H,10H2. The van der Waals surface area contributed by atoms with Gasteiger partial charge in [-0.2, -0.15) is 9.98 Å². The molecule has 0 fully saturated rings. The minimum Gasteiger partial charge on any atom is -0.211 e. The van der Waals surface area contributed by atoms with Crippen molar-refractivity contribution >= 4 is 17.8 Å². The summed E-state index contributed by atoms with van der Waals surface area (Å²) in [6.07, 6.45) is 3.72. The Hall–Kier alpha value is -2.80. The minimum atomic E-state index is -0.288. The third-order valence-corrected chi connectivity index (χ3v) is 2.93. The van der Waals surface area contributed by atoms with Gasteiger partial charge in [-0.3, -0.25) is 0 Å². The lowest BCUT2D eigenvalue weighted by Gasteiger charge is -2.11. The highest BCUT2D eigenvalue weighted by atomic mass is 16.1. The topological polar surface area (TPSA) is 58.9 Å². The Morgan fingerprint density at radius 2 is 1.60 bits per heavy atom. The highest BCUT2D eigenvalue weighted by molar-refractivity contribution is 5.49. The smallest absolute Gasteiger partial charge is 0.211 e. The lowest BCUT2D eigenvalue weighted by molar-refractivity contribution is 0.557. The molecule has 2 rings (SSSR count). The molecule has 1 unspecified atom stereocenters. The summed E-state index contributed by atoms with van der Waals surface area (Å²) in [4.78, 5) is 28.1. The van der Waals surface area contributed by atoms with Crippen molar-refractivity contribution in [3.05, 3.63) is 65.7 Å². The van der Waals surface area contributed by atoms with Crippen LogP contribution in [0, 0.1) is 0 Å². The van der Waals surface area contributed by atoms with Gasteiger partial charge in [-0.05, 0) is 29.7 Å². The Bertz CT molecular complexity index is 653. The number of hydrogen-bond acceptors (Lipinski definition) is 4. The lowest BCUT2D eigenvalue weighted by atomic mass is 9.99. The monoisotopic (exact) mass is 264 g/mol. The molecule has 0 aliphatic rings. The summed E-state index contributed by atoms with van der Waals surface area (Å²) in [5, 5.41) is 0. The fraction of sp³-hybridized carbons (Fsp3) is 0.125. The highest BCUT2D eigenvalue weighted by Crippen LogP contribution is 2.24. The van der Waals surface area contributed by atoms with Crippen molar-refractivity contribution in [2.24, 2.45) is 9.98 Å². The zero-order chi connectivity index (χ0) is 14.2. The number of aliphatic imine (C=N–C) groups is 2. The van der Waals surface area contributed by atoms with Gasteiger partial charge in [-0.1, -0.05) is 42.5 Å². The molecular weight excluding hydrogens is 252 g/mol. The first-order valence-corrected chi connectivity index (χ1v) is 6.12. The summed E-state index contributed by atoms with van der Waals surface area (Å²) in [6.45, 7) is 0. The average Bonchev–Trinajstić information content (AvgIpc) is 2.49. The zero-order valence-electron chi connectivity index (χ0n) is 10.7. The van der Waals surface area contributed by atoms with E-state index < -0.39 is 0 Å². The van der Waals surface area contributed by atoms with E-state index in [1.54, 1.807) is 30.3 Å². The normalized spacial score (nSPS) is 11.0. The first-order chi connectivity index (χ1) is 9.83. The van der Waals surface area contributed by atoms with Gasteiger partial charge in [0.2, 0.25) is 12.2 Å². The van der Waals surface area contributed by atoms with Crippen LogP contribution in [0.2, 0.25) is 0 Å². The Morgan fingerprint density at radius 3 is 2.20 bits per heavy atom. The maximum absolute atomic E-state index is 10.6. The number of isocyanates is 2. The van der Waals surface area contributed by atoms with E-state index in [0.29, 0.717) is 12.1 Å². The van der Waals surface area contributed by atoms with Crippen molar-refractivity contribution in [1.82, 2.24) is 0 Å². The van der Waals surface area contributed by atoms with E-state index in [4.69, 9.17) is 0 Å². The van der Waals surface area contributed by atoms with Crippen LogP contribution in [-0.2, 0) is 16.0 Å². The second-order valence-electron chi connectivity index (χ2n) is 4.22. The van der Waals surface area contributed by atoms with Crippen molar-refractivity contribution in [3.63, 3.8) is 0 Å². The van der Waals surface area contributed by atoms with Crippen molar-refractivity contribution < 1.29 is 9.59 Å². The van der Waals surface area contributed by atoms with Gasteiger partial charge in [0.1, 0.15) is 0 Å². The van der Waals surface area contributed by atoms with Gasteiger partial charge < -0.3 is 0 Å².